The van der Waals surface area contributed by atoms with Crippen molar-refractivity contribution >= 4 is 23.3 Å². The van der Waals surface area contributed by atoms with E-state index in [4.69, 9.17) is 4.74 Å². The Hall–Kier alpha value is 1.05. The molecule has 1 unspecified atom stereocenters. The molecule has 1 atom stereocenters. The fourth-order valence-electron chi connectivity index (χ4n) is 1.76. The number of hydrogen-bond acceptors (Lipinski definition) is 6. The fraction of sp³-hybridized carbons (Fsp3) is 0.857. The first-order valence-electron chi connectivity index (χ1n) is 7.38. The van der Waals surface area contributed by atoms with Crippen LogP contribution in [0.15, 0.2) is 0 Å². The minimum Gasteiger partial charge on any atom is -1.00 e. The Morgan fingerprint density at radius 1 is 1.00 bits per heavy atom. The van der Waals surface area contributed by atoms with Gasteiger partial charge in [-0.2, -0.15) is 0 Å². The Kier molecular flexibility index (Phi) is 24.3. The van der Waals surface area contributed by atoms with Crippen LogP contribution in [0.5, 0.6) is 0 Å². The van der Waals surface area contributed by atoms with Gasteiger partial charge < -0.3 is 16.3 Å². The number of carbonyl (C=O) groups excluding carboxylic acids is 2. The van der Waals surface area contributed by atoms with Crippen LogP contribution < -0.4 is 59.1 Å². The molecular formula is C14H27Na2O6S-. The Morgan fingerprint density at radius 2 is 1.52 bits per heavy atom. The monoisotopic (exact) mass is 369 g/mol. The van der Waals surface area contributed by atoms with Gasteiger partial charge >= 0.3 is 71.1 Å². The molecule has 23 heavy (non-hydrogen) atoms. The molecule has 0 radical (unpaired) electrons. The molecule has 0 saturated heterocycles. The van der Waals surface area contributed by atoms with Crippen LogP contribution in [0.2, 0.25) is 0 Å². The topological polar surface area (TPSA) is 92.7 Å². The quantitative estimate of drug-likeness (QED) is 0.156. The van der Waals surface area contributed by atoms with Crippen molar-refractivity contribution in [3.8, 4) is 0 Å². The van der Waals surface area contributed by atoms with Crippen molar-refractivity contribution in [1.82, 2.24) is 0 Å². The number of esters is 1. The van der Waals surface area contributed by atoms with Crippen LogP contribution >= 0.6 is 0 Å². The third-order valence-electron chi connectivity index (χ3n) is 2.88. The molecule has 9 heteroatoms. The molecule has 0 fully saturated rings. The van der Waals surface area contributed by atoms with E-state index in [2.05, 4.69) is 18.0 Å². The van der Waals surface area contributed by atoms with Gasteiger partial charge in [0.05, 0.1) is 19.4 Å². The number of unbranched alkanes of at least 4 members (excludes halogenated alkanes) is 4. The molecule has 128 valence electrons. The van der Waals surface area contributed by atoms with Crippen molar-refractivity contribution in [2.24, 2.45) is 5.92 Å². The summed E-state index contributed by atoms with van der Waals surface area (Å²) in [6.45, 7) is 4.76. The first-order chi connectivity index (χ1) is 9.91. The predicted octanol–water partition coefficient (Wildman–Crippen LogP) is -3.12. The normalized spacial score (nSPS) is 11.1. The summed E-state index contributed by atoms with van der Waals surface area (Å²) >= 11 is -2.88. The van der Waals surface area contributed by atoms with Gasteiger partial charge in [-0.05, 0) is 12.3 Å². The molecule has 0 amide bonds. The molecule has 0 aliphatic carbocycles. The molecule has 0 aromatic rings. The number of rotatable bonds is 12. The largest absolute Gasteiger partial charge is 1.00 e. The third-order valence-corrected chi connectivity index (χ3v) is 3.21. The number of carbonyl (C=O) groups is 2. The van der Waals surface area contributed by atoms with Crippen LogP contribution in [0.25, 0.3) is 0 Å². The van der Waals surface area contributed by atoms with E-state index in [-0.39, 0.29) is 74.8 Å². The first kappa shape index (κ1) is 28.8. The van der Waals surface area contributed by atoms with Crippen LogP contribution in [0.4, 0.5) is 0 Å². The molecule has 0 aliphatic heterocycles. The molecule has 0 rings (SSSR count). The standard InChI is InChI=1S/C14H26O6S.2Na.2H/c1-12(2)8-6-4-3-5-7-11-19-13(15)9-10-14(16)20-21(17)18;;;;/h12H,3-11H2,1-2H3,(H,17,18);;;;/q;2*+1;2*-1/p-1. The zero-order chi connectivity index (χ0) is 16.1. The van der Waals surface area contributed by atoms with Crippen LogP contribution in [-0.2, 0) is 29.9 Å². The molecule has 0 N–H and O–H groups in total. The van der Waals surface area contributed by atoms with Crippen LogP contribution in [0.3, 0.4) is 0 Å². The molecule has 0 aliphatic rings. The second-order valence-corrected chi connectivity index (χ2v) is 5.91. The van der Waals surface area contributed by atoms with Gasteiger partial charge in [-0.25, -0.2) is 4.21 Å². The van der Waals surface area contributed by atoms with Gasteiger partial charge in [0.1, 0.15) is 11.4 Å². The zero-order valence-electron chi connectivity index (χ0n) is 16.8. The Balaban J connectivity index is -0.000000333. The van der Waals surface area contributed by atoms with Crippen molar-refractivity contribution in [1.29, 1.82) is 0 Å². The molecule has 0 spiro atoms. The molecular weight excluding hydrogens is 342 g/mol. The summed E-state index contributed by atoms with van der Waals surface area (Å²) in [7, 11) is 0. The molecule has 6 nitrogen and oxygen atoms in total. The molecule has 0 aromatic carbocycles. The van der Waals surface area contributed by atoms with E-state index in [0.717, 1.165) is 25.2 Å². The van der Waals surface area contributed by atoms with Crippen molar-refractivity contribution in [2.45, 2.75) is 65.2 Å². The van der Waals surface area contributed by atoms with Crippen LogP contribution in [0, 0.1) is 5.92 Å². The van der Waals surface area contributed by atoms with Gasteiger partial charge in [0.2, 0.25) is 0 Å². The Labute approximate surface area is 188 Å². The fourth-order valence-corrected chi connectivity index (χ4v) is 2.00. The molecule has 0 saturated carbocycles. The zero-order valence-corrected chi connectivity index (χ0v) is 19.6. The van der Waals surface area contributed by atoms with E-state index in [9.17, 15) is 18.4 Å². The summed E-state index contributed by atoms with van der Waals surface area (Å²) in [5.74, 6) is -0.717. The SMILES string of the molecule is CC(C)CCCCCCCOC(=O)CCC(=O)OS(=O)[O-].[H-].[H-].[Na+].[Na+]. The van der Waals surface area contributed by atoms with Crippen LogP contribution in [-0.4, -0.2) is 27.3 Å². The second kappa shape index (κ2) is 19.4. The Morgan fingerprint density at radius 3 is 2.09 bits per heavy atom. The maximum absolute atomic E-state index is 11.3. The van der Waals surface area contributed by atoms with Gasteiger partial charge in [0.15, 0.2) is 0 Å². The van der Waals surface area contributed by atoms with E-state index in [1.807, 2.05) is 0 Å². The summed E-state index contributed by atoms with van der Waals surface area (Å²) in [6, 6.07) is 0. The smallest absolute Gasteiger partial charge is 1.00 e. The van der Waals surface area contributed by atoms with Gasteiger partial charge in [-0.15, -0.1) is 0 Å². The minimum atomic E-state index is -2.88. The first-order valence-corrected chi connectivity index (χ1v) is 8.38. The van der Waals surface area contributed by atoms with Gasteiger partial charge in [0, 0.05) is 0 Å². The average Bonchev–Trinajstić information content (AvgIpc) is 2.38. The maximum atomic E-state index is 11.3. The van der Waals surface area contributed by atoms with Crippen molar-refractivity contribution < 1.29 is 89.2 Å². The summed E-state index contributed by atoms with van der Waals surface area (Å²) in [5, 5.41) is 0. The van der Waals surface area contributed by atoms with E-state index < -0.39 is 23.3 Å². The van der Waals surface area contributed by atoms with E-state index in [1.165, 1.54) is 19.3 Å². The Bertz CT molecular complexity index is 349. The van der Waals surface area contributed by atoms with Crippen LogP contribution in [0.1, 0.15) is 68.1 Å². The van der Waals surface area contributed by atoms with Crippen molar-refractivity contribution in [3.05, 3.63) is 0 Å². The van der Waals surface area contributed by atoms with E-state index in [0.29, 0.717) is 6.61 Å². The summed E-state index contributed by atoms with van der Waals surface area (Å²) in [4.78, 5) is 22.1. The average molecular weight is 369 g/mol. The number of hydrogen-bond donors (Lipinski definition) is 0. The van der Waals surface area contributed by atoms with Crippen molar-refractivity contribution in [3.63, 3.8) is 0 Å². The third kappa shape index (κ3) is 23.1. The van der Waals surface area contributed by atoms with Gasteiger partial charge in [0.25, 0.3) is 0 Å². The van der Waals surface area contributed by atoms with Gasteiger partial charge in [-0.3, -0.25) is 9.59 Å². The predicted molar refractivity (Wildman–Crippen MR) is 80.0 cm³/mol. The number of ether oxygens (including phenoxy) is 1. The molecule has 0 aromatic heterocycles. The molecule has 0 heterocycles. The second-order valence-electron chi connectivity index (χ2n) is 5.33. The summed E-state index contributed by atoms with van der Waals surface area (Å²) < 4.78 is 28.9. The minimum absolute atomic E-state index is 0. The van der Waals surface area contributed by atoms with E-state index in [1.54, 1.807) is 0 Å². The maximum Gasteiger partial charge on any atom is 1.00 e. The summed E-state index contributed by atoms with van der Waals surface area (Å²) in [6.07, 6.45) is 6.19. The van der Waals surface area contributed by atoms with Crippen molar-refractivity contribution in [2.75, 3.05) is 6.61 Å². The molecule has 0 bridgehead atoms. The van der Waals surface area contributed by atoms with Gasteiger partial charge in [-0.1, -0.05) is 46.0 Å². The van der Waals surface area contributed by atoms with E-state index >= 15 is 0 Å². The summed E-state index contributed by atoms with van der Waals surface area (Å²) in [5.41, 5.74) is 0.